The standard InChI is InChI=1S/C15H12I2N4O/c16-13-5-1-3-11(7-13)9-18-20-15(22)21-19-10-12-4-2-6-14(17)8-12/h1-10H,(H2,20,21,22)/b18-9+,19-10+. The topological polar surface area (TPSA) is 65.8 Å². The van der Waals surface area contributed by atoms with Crippen LogP contribution in [0.1, 0.15) is 11.1 Å². The Morgan fingerprint density at radius 3 is 1.73 bits per heavy atom. The van der Waals surface area contributed by atoms with Gasteiger partial charge in [0, 0.05) is 7.14 Å². The van der Waals surface area contributed by atoms with Crippen LogP contribution in [0.2, 0.25) is 0 Å². The van der Waals surface area contributed by atoms with Crippen LogP contribution < -0.4 is 10.9 Å². The molecule has 0 aliphatic carbocycles. The second-order valence-corrected chi connectivity index (χ2v) is 6.67. The second-order valence-electron chi connectivity index (χ2n) is 4.18. The molecule has 0 heterocycles. The molecular formula is C15H12I2N4O. The van der Waals surface area contributed by atoms with Crippen molar-refractivity contribution in [3.63, 3.8) is 0 Å². The molecule has 0 unspecified atom stereocenters. The van der Waals surface area contributed by atoms with Crippen LogP contribution in [-0.2, 0) is 0 Å². The number of urea groups is 1. The Balaban J connectivity index is 1.81. The van der Waals surface area contributed by atoms with Crippen molar-refractivity contribution in [3.05, 3.63) is 66.8 Å². The number of benzene rings is 2. The van der Waals surface area contributed by atoms with Gasteiger partial charge in [-0.2, -0.15) is 10.2 Å². The number of nitrogens with zero attached hydrogens (tertiary/aromatic N) is 2. The highest BCUT2D eigenvalue weighted by atomic mass is 127. The van der Waals surface area contributed by atoms with Gasteiger partial charge in [-0.05, 0) is 80.6 Å². The summed E-state index contributed by atoms with van der Waals surface area (Å²) in [7, 11) is 0. The molecule has 0 aromatic heterocycles. The number of carbonyl (C=O) groups excluding carboxylic acids is 1. The van der Waals surface area contributed by atoms with Crippen LogP contribution in [0.15, 0.2) is 58.7 Å². The predicted octanol–water partition coefficient (Wildman–Crippen LogP) is 3.56. The Hall–Kier alpha value is -1.49. The molecule has 0 bridgehead atoms. The molecule has 0 saturated heterocycles. The average molecular weight is 518 g/mol. The molecule has 0 atom stereocenters. The quantitative estimate of drug-likeness (QED) is 0.363. The first-order chi connectivity index (χ1) is 10.6. The summed E-state index contributed by atoms with van der Waals surface area (Å²) < 4.78 is 2.21. The smallest absolute Gasteiger partial charge is 0.245 e. The van der Waals surface area contributed by atoms with Crippen LogP contribution in [0.3, 0.4) is 0 Å². The lowest BCUT2D eigenvalue weighted by Gasteiger charge is -1.98. The first-order valence-corrected chi connectivity index (χ1v) is 8.42. The fourth-order valence-electron chi connectivity index (χ4n) is 1.53. The lowest BCUT2D eigenvalue weighted by molar-refractivity contribution is 0.242. The van der Waals surface area contributed by atoms with E-state index in [1.165, 1.54) is 0 Å². The van der Waals surface area contributed by atoms with Crippen LogP contribution in [0.4, 0.5) is 4.79 Å². The number of hydrogen-bond acceptors (Lipinski definition) is 3. The summed E-state index contributed by atoms with van der Waals surface area (Å²) in [5.74, 6) is 0. The van der Waals surface area contributed by atoms with Crippen molar-refractivity contribution < 1.29 is 4.79 Å². The minimum Gasteiger partial charge on any atom is -0.245 e. The van der Waals surface area contributed by atoms with Crippen molar-refractivity contribution in [3.8, 4) is 0 Å². The van der Waals surface area contributed by atoms with Gasteiger partial charge in [0.2, 0.25) is 0 Å². The summed E-state index contributed by atoms with van der Waals surface area (Å²) in [6, 6.07) is 15.0. The van der Waals surface area contributed by atoms with Crippen LogP contribution in [0, 0.1) is 7.14 Å². The minimum atomic E-state index is -0.497. The zero-order valence-electron chi connectivity index (χ0n) is 11.3. The molecule has 2 aromatic carbocycles. The van der Waals surface area contributed by atoms with E-state index in [0.717, 1.165) is 18.3 Å². The fourth-order valence-corrected chi connectivity index (χ4v) is 2.66. The van der Waals surface area contributed by atoms with E-state index < -0.39 is 6.03 Å². The van der Waals surface area contributed by atoms with Gasteiger partial charge in [0.05, 0.1) is 12.4 Å². The molecular weight excluding hydrogens is 506 g/mol. The Morgan fingerprint density at radius 1 is 0.864 bits per heavy atom. The Labute approximate surface area is 155 Å². The Morgan fingerprint density at radius 2 is 1.32 bits per heavy atom. The SMILES string of the molecule is O=C(N/N=C/c1cccc(I)c1)N/N=C/c1cccc(I)c1. The van der Waals surface area contributed by atoms with E-state index in [1.54, 1.807) is 12.4 Å². The molecule has 2 N–H and O–H groups in total. The highest BCUT2D eigenvalue weighted by Gasteiger charge is 1.95. The number of carbonyl (C=O) groups is 1. The van der Waals surface area contributed by atoms with Crippen LogP contribution in [-0.4, -0.2) is 18.5 Å². The van der Waals surface area contributed by atoms with E-state index in [1.807, 2.05) is 48.5 Å². The van der Waals surface area contributed by atoms with E-state index in [-0.39, 0.29) is 0 Å². The molecule has 2 aromatic rings. The normalized spacial score (nSPS) is 11.0. The Bertz CT molecular complexity index is 657. The summed E-state index contributed by atoms with van der Waals surface area (Å²) in [5, 5.41) is 7.71. The van der Waals surface area contributed by atoms with E-state index in [0.29, 0.717) is 0 Å². The number of hydrazone groups is 2. The lowest BCUT2D eigenvalue weighted by Crippen LogP contribution is -2.28. The van der Waals surface area contributed by atoms with E-state index in [9.17, 15) is 4.79 Å². The molecule has 7 heteroatoms. The van der Waals surface area contributed by atoms with E-state index in [4.69, 9.17) is 0 Å². The predicted molar refractivity (Wildman–Crippen MR) is 105 cm³/mol. The van der Waals surface area contributed by atoms with Crippen LogP contribution >= 0.6 is 45.2 Å². The van der Waals surface area contributed by atoms with Crippen molar-refractivity contribution in [1.29, 1.82) is 0 Å². The maximum absolute atomic E-state index is 11.5. The van der Waals surface area contributed by atoms with Gasteiger partial charge >= 0.3 is 6.03 Å². The molecule has 2 rings (SSSR count). The monoisotopic (exact) mass is 518 g/mol. The summed E-state index contributed by atoms with van der Waals surface area (Å²) in [5.41, 5.74) is 6.52. The van der Waals surface area contributed by atoms with Gasteiger partial charge in [0.1, 0.15) is 0 Å². The minimum absolute atomic E-state index is 0.497. The number of amides is 2. The van der Waals surface area contributed by atoms with Gasteiger partial charge in [0.25, 0.3) is 0 Å². The maximum Gasteiger partial charge on any atom is 0.355 e. The molecule has 0 saturated carbocycles. The molecule has 5 nitrogen and oxygen atoms in total. The number of halogens is 2. The zero-order chi connectivity index (χ0) is 15.8. The molecule has 0 aliphatic heterocycles. The molecule has 0 spiro atoms. The van der Waals surface area contributed by atoms with Crippen molar-refractivity contribution in [2.24, 2.45) is 10.2 Å². The third-order valence-corrected chi connectivity index (χ3v) is 3.80. The summed E-state index contributed by atoms with van der Waals surface area (Å²) in [4.78, 5) is 11.5. The lowest BCUT2D eigenvalue weighted by atomic mass is 10.2. The van der Waals surface area contributed by atoms with Crippen molar-refractivity contribution in [1.82, 2.24) is 10.9 Å². The molecule has 112 valence electrons. The van der Waals surface area contributed by atoms with Gasteiger partial charge in [-0.15, -0.1) is 0 Å². The highest BCUT2D eigenvalue weighted by Crippen LogP contribution is 2.06. The van der Waals surface area contributed by atoms with Crippen molar-refractivity contribution >= 4 is 63.6 Å². The Kier molecular flexibility index (Phi) is 6.77. The highest BCUT2D eigenvalue weighted by molar-refractivity contribution is 14.1. The van der Waals surface area contributed by atoms with Gasteiger partial charge < -0.3 is 0 Å². The molecule has 22 heavy (non-hydrogen) atoms. The summed E-state index contributed by atoms with van der Waals surface area (Å²) in [6.45, 7) is 0. The first kappa shape index (κ1) is 16.9. The van der Waals surface area contributed by atoms with Crippen LogP contribution in [0.25, 0.3) is 0 Å². The van der Waals surface area contributed by atoms with Crippen molar-refractivity contribution in [2.75, 3.05) is 0 Å². The van der Waals surface area contributed by atoms with Crippen molar-refractivity contribution in [2.45, 2.75) is 0 Å². The molecule has 0 radical (unpaired) electrons. The van der Waals surface area contributed by atoms with Gasteiger partial charge in [0.15, 0.2) is 0 Å². The third kappa shape index (κ3) is 6.10. The van der Waals surface area contributed by atoms with E-state index in [2.05, 4.69) is 66.2 Å². The van der Waals surface area contributed by atoms with E-state index >= 15 is 0 Å². The summed E-state index contributed by atoms with van der Waals surface area (Å²) >= 11 is 4.43. The zero-order valence-corrected chi connectivity index (χ0v) is 15.6. The first-order valence-electron chi connectivity index (χ1n) is 6.27. The number of hydrogen-bond donors (Lipinski definition) is 2. The van der Waals surface area contributed by atoms with Gasteiger partial charge in [-0.25, -0.2) is 15.6 Å². The average Bonchev–Trinajstić information content (AvgIpc) is 2.47. The second kappa shape index (κ2) is 8.83. The number of nitrogens with one attached hydrogen (secondary N) is 2. The summed E-state index contributed by atoms with van der Waals surface area (Å²) in [6.07, 6.45) is 3.15. The van der Waals surface area contributed by atoms with Gasteiger partial charge in [-0.1, -0.05) is 24.3 Å². The molecule has 2 amide bonds. The van der Waals surface area contributed by atoms with Crippen LogP contribution in [0.5, 0.6) is 0 Å². The fraction of sp³-hybridized carbons (Fsp3) is 0. The third-order valence-electron chi connectivity index (χ3n) is 2.46. The largest absolute Gasteiger partial charge is 0.355 e. The molecule has 0 fully saturated rings. The van der Waals surface area contributed by atoms with Gasteiger partial charge in [-0.3, -0.25) is 0 Å². The molecule has 0 aliphatic rings. The number of rotatable bonds is 4. The maximum atomic E-state index is 11.5.